The van der Waals surface area contributed by atoms with Crippen molar-refractivity contribution in [2.45, 2.75) is 11.4 Å². The molecule has 0 aliphatic carbocycles. The van der Waals surface area contributed by atoms with Gasteiger partial charge in [-0.3, -0.25) is 9.47 Å². The van der Waals surface area contributed by atoms with Gasteiger partial charge in [-0.2, -0.15) is 4.31 Å². The second-order valence-corrected chi connectivity index (χ2v) is 10.2. The van der Waals surface area contributed by atoms with Gasteiger partial charge >= 0.3 is 0 Å². The van der Waals surface area contributed by atoms with Crippen molar-refractivity contribution in [3.8, 4) is 17.2 Å². The lowest BCUT2D eigenvalue weighted by atomic mass is 10.3. The largest absolute Gasteiger partial charge is 0.497 e. The third kappa shape index (κ3) is 4.60. The number of nitrogens with zero attached hydrogens (tertiary/aromatic N) is 5. The topological polar surface area (TPSA) is 89.8 Å². The first-order chi connectivity index (χ1) is 17.0. The van der Waals surface area contributed by atoms with E-state index in [0.29, 0.717) is 38.5 Å². The molecule has 1 aliphatic rings. The van der Waals surface area contributed by atoms with E-state index >= 15 is 0 Å². The summed E-state index contributed by atoms with van der Waals surface area (Å²) < 4.78 is 40.2. The van der Waals surface area contributed by atoms with E-state index in [1.54, 1.807) is 49.0 Å². The molecule has 10 heteroatoms. The van der Waals surface area contributed by atoms with Crippen LogP contribution in [-0.2, 0) is 16.6 Å². The minimum atomic E-state index is -3.55. The highest BCUT2D eigenvalue weighted by molar-refractivity contribution is 7.89. The molecule has 1 saturated heterocycles. The van der Waals surface area contributed by atoms with E-state index in [1.807, 2.05) is 36.4 Å². The zero-order valence-electron chi connectivity index (χ0n) is 19.7. The standard InChI is InChI=1S/C25H27N5O4S/c1-33-20-7-5-19(6-8-20)30-24(27-23-4-3-13-26-25(23)30)18-28-14-16-29(17-15-28)35(31,32)22-11-9-21(34-2)10-12-22/h3-13H,14-18H2,1-2H3. The summed E-state index contributed by atoms with van der Waals surface area (Å²) in [6.45, 7) is 2.62. The van der Waals surface area contributed by atoms with Gasteiger partial charge in [0.1, 0.15) is 22.8 Å². The predicted octanol–water partition coefficient (Wildman–Crippen LogP) is 2.94. The number of fused-ring (bicyclic) bond motifs is 1. The summed E-state index contributed by atoms with van der Waals surface area (Å²) in [5.74, 6) is 2.26. The Morgan fingerprint density at radius 2 is 1.49 bits per heavy atom. The van der Waals surface area contributed by atoms with Crippen molar-refractivity contribution < 1.29 is 17.9 Å². The Balaban J connectivity index is 1.34. The number of hydrogen-bond donors (Lipinski definition) is 0. The predicted molar refractivity (Wildman–Crippen MR) is 132 cm³/mol. The third-order valence-corrected chi connectivity index (χ3v) is 8.12. The van der Waals surface area contributed by atoms with Crippen molar-refractivity contribution in [3.63, 3.8) is 0 Å². The third-order valence-electron chi connectivity index (χ3n) is 6.21. The molecule has 1 fully saturated rings. The van der Waals surface area contributed by atoms with E-state index < -0.39 is 10.0 Å². The Morgan fingerprint density at radius 3 is 2.11 bits per heavy atom. The molecule has 2 aromatic heterocycles. The molecular weight excluding hydrogens is 466 g/mol. The summed E-state index contributed by atoms with van der Waals surface area (Å²) in [4.78, 5) is 11.9. The number of sulfonamides is 1. The van der Waals surface area contributed by atoms with E-state index in [4.69, 9.17) is 14.5 Å². The number of methoxy groups -OCH3 is 2. The molecule has 0 spiro atoms. The second-order valence-electron chi connectivity index (χ2n) is 8.26. The SMILES string of the molecule is COc1ccc(-n2c(CN3CCN(S(=O)(=O)c4ccc(OC)cc4)CC3)nc3cccnc32)cc1. The maximum absolute atomic E-state index is 13.1. The monoisotopic (exact) mass is 493 g/mol. The number of hydrogen-bond acceptors (Lipinski definition) is 7. The maximum Gasteiger partial charge on any atom is 0.243 e. The van der Waals surface area contributed by atoms with Crippen LogP contribution in [0.2, 0.25) is 0 Å². The van der Waals surface area contributed by atoms with Gasteiger partial charge in [-0.15, -0.1) is 0 Å². The molecule has 9 nitrogen and oxygen atoms in total. The number of pyridine rings is 1. The van der Waals surface area contributed by atoms with Crippen LogP contribution in [0, 0.1) is 0 Å². The molecule has 35 heavy (non-hydrogen) atoms. The van der Waals surface area contributed by atoms with Crippen molar-refractivity contribution in [3.05, 3.63) is 72.7 Å². The van der Waals surface area contributed by atoms with Crippen LogP contribution in [0.25, 0.3) is 16.9 Å². The fourth-order valence-corrected chi connectivity index (χ4v) is 5.71. The highest BCUT2D eigenvalue weighted by Crippen LogP contribution is 2.25. The molecule has 4 aromatic rings. The molecule has 3 heterocycles. The smallest absolute Gasteiger partial charge is 0.243 e. The molecule has 2 aromatic carbocycles. The summed E-state index contributed by atoms with van der Waals surface area (Å²) in [5, 5.41) is 0. The normalized spacial score (nSPS) is 15.4. The molecule has 1 aliphatic heterocycles. The first-order valence-corrected chi connectivity index (χ1v) is 12.8. The van der Waals surface area contributed by atoms with Gasteiger partial charge in [0.2, 0.25) is 10.0 Å². The number of piperazine rings is 1. The van der Waals surface area contributed by atoms with Gasteiger partial charge in [0.05, 0.1) is 25.7 Å². The second kappa shape index (κ2) is 9.65. The molecule has 0 saturated carbocycles. The summed E-state index contributed by atoms with van der Waals surface area (Å²) >= 11 is 0. The van der Waals surface area contributed by atoms with Crippen molar-refractivity contribution in [1.82, 2.24) is 23.7 Å². The molecule has 0 bridgehead atoms. The Kier molecular flexibility index (Phi) is 6.42. The lowest BCUT2D eigenvalue weighted by molar-refractivity contribution is 0.177. The zero-order valence-corrected chi connectivity index (χ0v) is 20.5. The van der Waals surface area contributed by atoms with Crippen LogP contribution in [0.5, 0.6) is 11.5 Å². The average molecular weight is 494 g/mol. The molecule has 0 atom stereocenters. The highest BCUT2D eigenvalue weighted by atomic mass is 32.2. The van der Waals surface area contributed by atoms with Crippen LogP contribution in [-0.4, -0.2) is 72.6 Å². The van der Waals surface area contributed by atoms with Crippen LogP contribution in [0.1, 0.15) is 5.82 Å². The van der Waals surface area contributed by atoms with Crippen LogP contribution >= 0.6 is 0 Å². The number of ether oxygens (including phenoxy) is 2. The minimum absolute atomic E-state index is 0.277. The quantitative estimate of drug-likeness (QED) is 0.391. The van der Waals surface area contributed by atoms with Crippen LogP contribution < -0.4 is 9.47 Å². The molecule has 0 radical (unpaired) electrons. The van der Waals surface area contributed by atoms with Gasteiger partial charge < -0.3 is 9.47 Å². The molecule has 182 valence electrons. The first-order valence-electron chi connectivity index (χ1n) is 11.3. The molecular formula is C25H27N5O4S. The van der Waals surface area contributed by atoms with Crippen molar-refractivity contribution in [2.75, 3.05) is 40.4 Å². The van der Waals surface area contributed by atoms with E-state index in [9.17, 15) is 8.42 Å². The molecule has 0 amide bonds. The Morgan fingerprint density at radius 1 is 0.857 bits per heavy atom. The van der Waals surface area contributed by atoms with E-state index in [0.717, 1.165) is 28.4 Å². The molecule has 0 unspecified atom stereocenters. The fraction of sp³-hybridized carbons (Fsp3) is 0.280. The fourth-order valence-electron chi connectivity index (χ4n) is 4.29. The Labute approximate surface area is 204 Å². The number of benzene rings is 2. The first kappa shape index (κ1) is 23.3. The van der Waals surface area contributed by atoms with E-state index in [2.05, 4.69) is 14.5 Å². The van der Waals surface area contributed by atoms with Gasteiger partial charge in [0.25, 0.3) is 0 Å². The van der Waals surface area contributed by atoms with Gasteiger partial charge in [0.15, 0.2) is 5.65 Å². The van der Waals surface area contributed by atoms with Gasteiger partial charge in [0, 0.05) is 38.1 Å². The van der Waals surface area contributed by atoms with Crippen molar-refractivity contribution >= 4 is 21.2 Å². The maximum atomic E-state index is 13.1. The Bertz CT molecular complexity index is 1410. The zero-order chi connectivity index (χ0) is 24.4. The lowest BCUT2D eigenvalue weighted by Gasteiger charge is -2.33. The summed E-state index contributed by atoms with van der Waals surface area (Å²) in [5.41, 5.74) is 2.55. The van der Waals surface area contributed by atoms with Gasteiger partial charge in [-0.05, 0) is 60.7 Å². The lowest BCUT2D eigenvalue weighted by Crippen LogP contribution is -2.48. The molecule has 0 N–H and O–H groups in total. The summed E-state index contributed by atoms with van der Waals surface area (Å²) in [6, 6.07) is 18.1. The van der Waals surface area contributed by atoms with E-state index in [1.165, 1.54) is 0 Å². The highest BCUT2D eigenvalue weighted by Gasteiger charge is 2.29. The van der Waals surface area contributed by atoms with Crippen LogP contribution in [0.15, 0.2) is 71.8 Å². The van der Waals surface area contributed by atoms with Crippen LogP contribution in [0.3, 0.4) is 0 Å². The number of rotatable bonds is 7. The van der Waals surface area contributed by atoms with Crippen molar-refractivity contribution in [2.24, 2.45) is 0 Å². The van der Waals surface area contributed by atoms with Crippen molar-refractivity contribution in [1.29, 1.82) is 0 Å². The van der Waals surface area contributed by atoms with Gasteiger partial charge in [-0.25, -0.2) is 18.4 Å². The minimum Gasteiger partial charge on any atom is -0.497 e. The summed E-state index contributed by atoms with van der Waals surface area (Å²) in [6.07, 6.45) is 1.76. The number of aromatic nitrogens is 3. The van der Waals surface area contributed by atoms with E-state index in [-0.39, 0.29) is 4.90 Å². The van der Waals surface area contributed by atoms with Gasteiger partial charge in [-0.1, -0.05) is 0 Å². The number of imidazole rings is 1. The molecule has 5 rings (SSSR count). The van der Waals surface area contributed by atoms with Crippen LogP contribution in [0.4, 0.5) is 0 Å². The summed E-state index contributed by atoms with van der Waals surface area (Å²) in [7, 11) is -0.354. The Hall–Kier alpha value is -3.47. The average Bonchev–Trinajstić information content (AvgIpc) is 3.26.